The van der Waals surface area contributed by atoms with E-state index in [9.17, 15) is 9.70 Å². The number of piperazine rings is 1. The van der Waals surface area contributed by atoms with Gasteiger partial charge in [-0.15, -0.1) is 0 Å². The molecule has 1 atom stereocenters. The second kappa shape index (κ2) is 11.4. The molecule has 0 spiro atoms. The summed E-state index contributed by atoms with van der Waals surface area (Å²) in [5.74, 6) is 0.598. The zero-order chi connectivity index (χ0) is 25.9. The van der Waals surface area contributed by atoms with Crippen LogP contribution in [0.3, 0.4) is 0 Å². The average Bonchev–Trinajstić information content (AvgIpc) is 3.05. The van der Waals surface area contributed by atoms with E-state index in [1.54, 1.807) is 0 Å². The molecule has 5 rings (SSSR count). The normalized spacial score (nSPS) is 21.0. The van der Waals surface area contributed by atoms with E-state index in [4.69, 9.17) is 10.7 Å². The van der Waals surface area contributed by atoms with Crippen molar-refractivity contribution >= 4 is 34.6 Å². The van der Waals surface area contributed by atoms with Crippen LogP contribution in [0.4, 0.5) is 0 Å². The Morgan fingerprint density at radius 1 is 1.08 bits per heavy atom. The molecule has 8 nitrogen and oxygen atoms in total. The summed E-state index contributed by atoms with van der Waals surface area (Å²) in [4.78, 5) is 35.0. The van der Waals surface area contributed by atoms with Gasteiger partial charge in [-0.25, -0.2) is 0 Å². The topological polar surface area (TPSA) is 95.1 Å². The Hall–Kier alpha value is -2.59. The molecule has 2 N–H and O–H groups in total. The van der Waals surface area contributed by atoms with Crippen molar-refractivity contribution in [1.29, 1.82) is 0 Å². The SMILES string of the molecule is Cc1ccc2c(c1)CCc1cc(Br)cnc1C2N1CCN(C(=O)CC2CCN(C(N)=BN=O)CC2)CC1. The molecule has 194 valence electrons. The molecule has 2 aromatic rings. The van der Waals surface area contributed by atoms with E-state index in [0.29, 0.717) is 18.0 Å². The zero-order valence-electron chi connectivity index (χ0n) is 21.4. The molecule has 2 saturated heterocycles. The molecule has 0 radical (unpaired) electrons. The number of amides is 1. The van der Waals surface area contributed by atoms with Gasteiger partial charge in [-0.1, -0.05) is 23.8 Å². The van der Waals surface area contributed by atoms with E-state index in [1.165, 1.54) is 22.3 Å². The second-order valence-corrected chi connectivity index (χ2v) is 11.4. The summed E-state index contributed by atoms with van der Waals surface area (Å²) in [5.41, 5.74) is 12.8. The Morgan fingerprint density at radius 3 is 2.54 bits per heavy atom. The first-order valence-corrected chi connectivity index (χ1v) is 14.0. The number of nitrogens with two attached hydrogens (primary N) is 1. The fourth-order valence-corrected chi connectivity index (χ4v) is 6.46. The molecule has 1 aliphatic carbocycles. The van der Waals surface area contributed by atoms with Gasteiger partial charge < -0.3 is 0 Å². The van der Waals surface area contributed by atoms with E-state index in [2.05, 4.69) is 57.1 Å². The Morgan fingerprint density at radius 2 is 1.81 bits per heavy atom. The van der Waals surface area contributed by atoms with Gasteiger partial charge in [-0.05, 0) is 58.5 Å². The Labute approximate surface area is 227 Å². The molecule has 3 aliphatic rings. The van der Waals surface area contributed by atoms with Crippen LogP contribution in [-0.2, 0) is 17.6 Å². The second-order valence-electron chi connectivity index (χ2n) is 10.5. The van der Waals surface area contributed by atoms with Crippen molar-refractivity contribution in [2.45, 2.75) is 45.1 Å². The zero-order valence-corrected chi connectivity index (χ0v) is 23.0. The maximum atomic E-state index is 13.2. The van der Waals surface area contributed by atoms with Crippen LogP contribution in [0.15, 0.2) is 40.0 Å². The molecule has 1 unspecified atom stereocenters. The van der Waals surface area contributed by atoms with E-state index in [1.807, 2.05) is 16.0 Å². The van der Waals surface area contributed by atoms with Crippen LogP contribution in [0.5, 0.6) is 0 Å². The van der Waals surface area contributed by atoms with E-state index >= 15 is 0 Å². The Kier molecular flexibility index (Phi) is 8.05. The number of aromatic nitrogens is 1. The predicted octanol–water partition coefficient (Wildman–Crippen LogP) is 3.02. The number of hydrogen-bond donors (Lipinski definition) is 1. The van der Waals surface area contributed by atoms with Gasteiger partial charge in [0.2, 0.25) is 0 Å². The molecule has 1 amide bonds. The third-order valence-electron chi connectivity index (χ3n) is 8.14. The molecule has 37 heavy (non-hydrogen) atoms. The quantitative estimate of drug-likeness (QED) is 0.443. The summed E-state index contributed by atoms with van der Waals surface area (Å²) < 4.78 is 1.02. The standard InChI is InChI=1S/C27H34BBrN6O2/c1-18-2-5-23-20(14-18)3-4-21-16-22(29)17-31-25(21)26(23)34-12-10-33(11-13-34)24(36)15-19-6-8-35(9-7-19)27(30)28-32-37/h2,5,14,16-17,19,26H,3-4,6-13,15,30H2,1H3. The molecule has 0 saturated carbocycles. The minimum atomic E-state index is 0.113. The number of carbonyl (C=O) groups excluding carboxylic acids is 1. The van der Waals surface area contributed by atoms with E-state index < -0.39 is 0 Å². The van der Waals surface area contributed by atoms with Crippen molar-refractivity contribution in [2.75, 3.05) is 39.3 Å². The fraction of sp³-hybridized carbons (Fsp3) is 0.519. The minimum absolute atomic E-state index is 0.113. The van der Waals surface area contributed by atoms with Gasteiger partial charge in [0.15, 0.2) is 0 Å². The van der Waals surface area contributed by atoms with Gasteiger partial charge in [0.25, 0.3) is 0 Å². The van der Waals surface area contributed by atoms with Crippen molar-refractivity contribution < 1.29 is 4.79 Å². The van der Waals surface area contributed by atoms with Gasteiger partial charge in [0.1, 0.15) is 0 Å². The van der Waals surface area contributed by atoms with Crippen LogP contribution in [0.1, 0.15) is 53.3 Å². The molecule has 3 heterocycles. The van der Waals surface area contributed by atoms with E-state index in [0.717, 1.165) is 82.2 Å². The monoisotopic (exact) mass is 564 g/mol. The number of fused-ring (bicyclic) bond motifs is 2. The molecule has 10 heteroatoms. The Balaban J connectivity index is 1.24. The summed E-state index contributed by atoms with van der Waals surface area (Å²) >= 11 is 3.61. The molecule has 2 aliphatic heterocycles. The molecular weight excluding hydrogens is 531 g/mol. The summed E-state index contributed by atoms with van der Waals surface area (Å²) in [6.45, 7) is 6.81. The number of halogens is 1. The van der Waals surface area contributed by atoms with Crippen molar-refractivity contribution in [3.63, 3.8) is 0 Å². The average molecular weight is 565 g/mol. The molecule has 1 aromatic heterocycles. The molecule has 2 fully saturated rings. The Bertz CT molecular complexity index is 1140. The fourth-order valence-electron chi connectivity index (χ4n) is 6.08. The number of likely N-dealkylation sites (tertiary alicyclic amines) is 1. The first-order chi connectivity index (χ1) is 17.9. The van der Waals surface area contributed by atoms with Crippen LogP contribution in [0.2, 0.25) is 0 Å². The van der Waals surface area contributed by atoms with Gasteiger partial charge in [-0.3, -0.25) is 4.98 Å². The van der Waals surface area contributed by atoms with Crippen LogP contribution in [-0.4, -0.2) is 77.6 Å². The van der Waals surface area contributed by atoms with E-state index in [-0.39, 0.29) is 11.9 Å². The summed E-state index contributed by atoms with van der Waals surface area (Å²) in [7, 11) is 1.16. The summed E-state index contributed by atoms with van der Waals surface area (Å²) in [5, 5.41) is 2.77. The van der Waals surface area contributed by atoms with Gasteiger partial charge in [0.05, 0.1) is 5.69 Å². The number of pyridine rings is 1. The van der Waals surface area contributed by atoms with Crippen LogP contribution < -0.4 is 5.73 Å². The maximum absolute atomic E-state index is 13.2. The van der Waals surface area contributed by atoms with Gasteiger partial charge in [0, 0.05) is 10.7 Å². The number of aryl methyl sites for hydroxylation is 3. The number of piperidine rings is 1. The third kappa shape index (κ3) is 5.80. The first-order valence-electron chi connectivity index (χ1n) is 13.2. The van der Waals surface area contributed by atoms with Crippen LogP contribution in [0, 0.1) is 17.7 Å². The third-order valence-corrected chi connectivity index (χ3v) is 8.58. The van der Waals surface area contributed by atoms with Crippen LogP contribution in [0.25, 0.3) is 0 Å². The first kappa shape index (κ1) is 26.0. The molecule has 0 bridgehead atoms. The molecular formula is C27H34BBrN6O2. The summed E-state index contributed by atoms with van der Waals surface area (Å²) in [6, 6.07) is 9.15. The number of rotatable bonds is 5. The molecule has 1 aromatic carbocycles. The van der Waals surface area contributed by atoms with Crippen molar-refractivity contribution in [1.82, 2.24) is 19.7 Å². The predicted molar refractivity (Wildman–Crippen MR) is 150 cm³/mol. The van der Waals surface area contributed by atoms with Gasteiger partial charge >= 0.3 is 124 Å². The number of carbonyl (C=O) groups is 1. The number of hydrogen-bond acceptors (Lipinski definition) is 7. The summed E-state index contributed by atoms with van der Waals surface area (Å²) in [6.07, 6.45) is 6.29. The van der Waals surface area contributed by atoms with Crippen molar-refractivity contribution in [2.24, 2.45) is 16.7 Å². The number of nitroso groups, excluding NO2 is 1. The van der Waals surface area contributed by atoms with Gasteiger partial charge in [-0.2, -0.15) is 0 Å². The van der Waals surface area contributed by atoms with Crippen LogP contribution >= 0.6 is 15.9 Å². The van der Waals surface area contributed by atoms with Crippen molar-refractivity contribution in [3.05, 3.63) is 67.8 Å². The van der Waals surface area contributed by atoms with Crippen molar-refractivity contribution in [3.8, 4) is 0 Å². The number of benzene rings is 1. The number of nitrogens with zero attached hydrogens (tertiary/aromatic N) is 5.